The molecular formula is C18H24N2O. The van der Waals surface area contributed by atoms with E-state index in [2.05, 4.69) is 30.4 Å². The van der Waals surface area contributed by atoms with Crippen LogP contribution in [-0.2, 0) is 11.2 Å². The van der Waals surface area contributed by atoms with Crippen LogP contribution in [-0.4, -0.2) is 12.5 Å². The molecule has 112 valence electrons. The predicted octanol–water partition coefficient (Wildman–Crippen LogP) is 3.52. The molecule has 1 N–H and O–H groups in total. The molecule has 1 aromatic carbocycles. The Bertz CT molecular complexity index is 522. The Morgan fingerprint density at radius 3 is 2.52 bits per heavy atom. The quantitative estimate of drug-likeness (QED) is 0.860. The third-order valence-electron chi connectivity index (χ3n) is 4.55. The van der Waals surface area contributed by atoms with Crippen molar-refractivity contribution in [3.8, 4) is 6.07 Å². The fraction of sp³-hybridized carbons (Fsp3) is 0.556. The topological polar surface area (TPSA) is 52.9 Å². The second kappa shape index (κ2) is 7.26. The Balaban J connectivity index is 1.91. The number of nitrogens with one attached hydrogen (secondary N) is 1. The number of hydrogen-bond donors (Lipinski definition) is 1. The van der Waals surface area contributed by atoms with Crippen LogP contribution < -0.4 is 5.32 Å². The minimum absolute atomic E-state index is 0.0690. The fourth-order valence-corrected chi connectivity index (χ4v) is 3.09. The molecule has 1 aromatic rings. The monoisotopic (exact) mass is 284 g/mol. The van der Waals surface area contributed by atoms with E-state index >= 15 is 0 Å². The molecule has 1 amide bonds. The molecule has 0 aromatic heterocycles. The van der Waals surface area contributed by atoms with Crippen LogP contribution in [0.3, 0.4) is 0 Å². The first-order valence-corrected chi connectivity index (χ1v) is 7.92. The lowest BCUT2D eigenvalue weighted by molar-refractivity contribution is -0.128. The first-order valence-electron chi connectivity index (χ1n) is 7.92. The van der Waals surface area contributed by atoms with Gasteiger partial charge in [0.05, 0.1) is 6.07 Å². The molecule has 0 heterocycles. The SMILES string of the molecule is Cc1ccccc1CCNC(=O)C1(C#N)CCCCCC1. The standard InChI is InChI=1S/C18H24N2O/c1-15-8-4-5-9-16(15)10-13-20-17(21)18(14-19)11-6-2-3-7-12-18/h4-5,8-9H,2-3,6-7,10-13H2,1H3,(H,20,21). The van der Waals surface area contributed by atoms with E-state index in [1.54, 1.807) is 0 Å². The van der Waals surface area contributed by atoms with Gasteiger partial charge in [-0.15, -0.1) is 0 Å². The van der Waals surface area contributed by atoms with Gasteiger partial charge in [0.2, 0.25) is 5.91 Å². The van der Waals surface area contributed by atoms with Crippen LogP contribution in [0.4, 0.5) is 0 Å². The van der Waals surface area contributed by atoms with E-state index in [9.17, 15) is 10.1 Å². The van der Waals surface area contributed by atoms with E-state index in [0.29, 0.717) is 19.4 Å². The molecule has 3 nitrogen and oxygen atoms in total. The Labute approximate surface area is 127 Å². The number of nitriles is 1. The van der Waals surface area contributed by atoms with Crippen molar-refractivity contribution in [2.24, 2.45) is 5.41 Å². The first-order chi connectivity index (χ1) is 10.2. The molecule has 0 unspecified atom stereocenters. The van der Waals surface area contributed by atoms with Gasteiger partial charge in [0.1, 0.15) is 5.41 Å². The second-order valence-electron chi connectivity index (χ2n) is 6.04. The molecule has 0 saturated heterocycles. The fourth-order valence-electron chi connectivity index (χ4n) is 3.09. The van der Waals surface area contributed by atoms with Gasteiger partial charge in [0, 0.05) is 6.54 Å². The Morgan fingerprint density at radius 2 is 1.90 bits per heavy atom. The van der Waals surface area contributed by atoms with Crippen LogP contribution in [0.25, 0.3) is 0 Å². The average molecular weight is 284 g/mol. The summed E-state index contributed by atoms with van der Waals surface area (Å²) in [5, 5.41) is 12.5. The molecule has 1 aliphatic rings. The lowest BCUT2D eigenvalue weighted by Crippen LogP contribution is -2.40. The number of amides is 1. The summed E-state index contributed by atoms with van der Waals surface area (Å²) in [4.78, 5) is 12.4. The number of rotatable bonds is 4. The molecule has 0 radical (unpaired) electrons. The summed E-state index contributed by atoms with van der Waals surface area (Å²) in [6.45, 7) is 2.69. The van der Waals surface area contributed by atoms with Gasteiger partial charge in [0.25, 0.3) is 0 Å². The molecule has 0 bridgehead atoms. The number of nitrogens with zero attached hydrogens (tertiary/aromatic N) is 1. The van der Waals surface area contributed by atoms with Gasteiger partial charge in [0.15, 0.2) is 0 Å². The van der Waals surface area contributed by atoms with Crippen molar-refractivity contribution in [1.29, 1.82) is 5.26 Å². The zero-order valence-corrected chi connectivity index (χ0v) is 12.8. The van der Waals surface area contributed by atoms with Crippen LogP contribution in [0.1, 0.15) is 49.7 Å². The van der Waals surface area contributed by atoms with E-state index in [-0.39, 0.29) is 5.91 Å². The summed E-state index contributed by atoms with van der Waals surface area (Å²) >= 11 is 0. The molecule has 0 atom stereocenters. The van der Waals surface area contributed by atoms with Crippen LogP contribution in [0.2, 0.25) is 0 Å². The van der Waals surface area contributed by atoms with Gasteiger partial charge in [-0.3, -0.25) is 4.79 Å². The van der Waals surface area contributed by atoms with E-state index in [1.165, 1.54) is 11.1 Å². The lowest BCUT2D eigenvalue weighted by atomic mass is 9.81. The summed E-state index contributed by atoms with van der Waals surface area (Å²) in [5.41, 5.74) is 1.71. The van der Waals surface area contributed by atoms with Crippen molar-refractivity contribution in [2.45, 2.75) is 51.9 Å². The van der Waals surface area contributed by atoms with Crippen molar-refractivity contribution in [2.75, 3.05) is 6.54 Å². The third kappa shape index (κ3) is 3.85. The Hall–Kier alpha value is -1.82. The third-order valence-corrected chi connectivity index (χ3v) is 4.55. The molecule has 1 fully saturated rings. The zero-order valence-electron chi connectivity index (χ0n) is 12.8. The summed E-state index contributed by atoms with van der Waals surface area (Å²) in [6.07, 6.45) is 6.48. The van der Waals surface area contributed by atoms with Crippen molar-refractivity contribution >= 4 is 5.91 Å². The molecule has 0 spiro atoms. The molecule has 3 heteroatoms. The molecule has 0 aliphatic heterocycles. The first kappa shape index (κ1) is 15.6. The second-order valence-corrected chi connectivity index (χ2v) is 6.04. The van der Waals surface area contributed by atoms with Gasteiger partial charge in [-0.1, -0.05) is 49.9 Å². The average Bonchev–Trinajstić information content (AvgIpc) is 2.75. The van der Waals surface area contributed by atoms with E-state index in [1.807, 2.05) is 12.1 Å². The Kier molecular flexibility index (Phi) is 5.38. The minimum atomic E-state index is -0.789. The van der Waals surface area contributed by atoms with Crippen molar-refractivity contribution in [3.63, 3.8) is 0 Å². The summed E-state index contributed by atoms with van der Waals surface area (Å²) in [7, 11) is 0. The zero-order chi connectivity index (χ0) is 15.1. The predicted molar refractivity (Wildman–Crippen MR) is 83.6 cm³/mol. The summed E-state index contributed by atoms with van der Waals surface area (Å²) < 4.78 is 0. The van der Waals surface area contributed by atoms with Crippen LogP contribution in [0, 0.1) is 23.7 Å². The van der Waals surface area contributed by atoms with E-state index < -0.39 is 5.41 Å². The van der Waals surface area contributed by atoms with Crippen LogP contribution in [0.15, 0.2) is 24.3 Å². The smallest absolute Gasteiger partial charge is 0.240 e. The van der Waals surface area contributed by atoms with Crippen molar-refractivity contribution in [1.82, 2.24) is 5.32 Å². The van der Waals surface area contributed by atoms with Gasteiger partial charge in [-0.05, 0) is 37.3 Å². The number of carbonyl (C=O) groups is 1. The molecule has 2 rings (SSSR count). The lowest BCUT2D eigenvalue weighted by Gasteiger charge is -2.23. The number of aryl methyl sites for hydroxylation is 1. The number of hydrogen-bond acceptors (Lipinski definition) is 2. The van der Waals surface area contributed by atoms with Crippen LogP contribution >= 0.6 is 0 Å². The maximum Gasteiger partial charge on any atom is 0.240 e. The largest absolute Gasteiger partial charge is 0.354 e. The summed E-state index contributed by atoms with van der Waals surface area (Å²) in [5.74, 6) is -0.0690. The maximum absolute atomic E-state index is 12.4. The van der Waals surface area contributed by atoms with Gasteiger partial charge < -0.3 is 5.32 Å². The highest BCUT2D eigenvalue weighted by Gasteiger charge is 2.38. The van der Waals surface area contributed by atoms with E-state index in [0.717, 1.165) is 32.1 Å². The number of carbonyl (C=O) groups excluding carboxylic acids is 1. The van der Waals surface area contributed by atoms with Crippen LogP contribution in [0.5, 0.6) is 0 Å². The molecule has 1 saturated carbocycles. The maximum atomic E-state index is 12.4. The molecule has 21 heavy (non-hydrogen) atoms. The summed E-state index contributed by atoms with van der Waals surface area (Å²) in [6, 6.07) is 10.5. The Morgan fingerprint density at radius 1 is 1.24 bits per heavy atom. The van der Waals surface area contributed by atoms with Gasteiger partial charge >= 0.3 is 0 Å². The van der Waals surface area contributed by atoms with E-state index in [4.69, 9.17) is 0 Å². The minimum Gasteiger partial charge on any atom is -0.354 e. The normalized spacial score (nSPS) is 17.5. The van der Waals surface area contributed by atoms with Crippen molar-refractivity contribution in [3.05, 3.63) is 35.4 Å². The highest BCUT2D eigenvalue weighted by molar-refractivity contribution is 5.85. The molecule has 1 aliphatic carbocycles. The highest BCUT2D eigenvalue weighted by Crippen LogP contribution is 2.34. The number of benzene rings is 1. The molecular weight excluding hydrogens is 260 g/mol. The van der Waals surface area contributed by atoms with Gasteiger partial charge in [-0.2, -0.15) is 5.26 Å². The van der Waals surface area contributed by atoms with Gasteiger partial charge in [-0.25, -0.2) is 0 Å². The highest BCUT2D eigenvalue weighted by atomic mass is 16.2. The van der Waals surface area contributed by atoms with Crippen molar-refractivity contribution < 1.29 is 4.79 Å².